The summed E-state index contributed by atoms with van der Waals surface area (Å²) >= 11 is 0. The van der Waals surface area contributed by atoms with Gasteiger partial charge in [-0.3, -0.25) is 0 Å². The lowest BCUT2D eigenvalue weighted by Crippen LogP contribution is -1.95. The molecule has 1 heterocycles. The van der Waals surface area contributed by atoms with Crippen LogP contribution in [0.5, 0.6) is 0 Å². The molecule has 16 heavy (non-hydrogen) atoms. The van der Waals surface area contributed by atoms with Crippen LogP contribution in [-0.2, 0) is 13.5 Å². The van der Waals surface area contributed by atoms with E-state index in [2.05, 4.69) is 0 Å². The van der Waals surface area contributed by atoms with Crippen LogP contribution in [0, 0.1) is 18.6 Å². The molecule has 1 aromatic heterocycles. The van der Waals surface area contributed by atoms with Gasteiger partial charge in [-0.05, 0) is 29.7 Å². The Morgan fingerprint density at radius 2 is 1.88 bits per heavy atom. The average Bonchev–Trinajstić information content (AvgIpc) is 2.53. The molecule has 3 heteroatoms. The Morgan fingerprint density at radius 3 is 2.50 bits per heavy atom. The second kappa shape index (κ2) is 4.08. The summed E-state index contributed by atoms with van der Waals surface area (Å²) < 4.78 is 28.4. The summed E-state index contributed by atoms with van der Waals surface area (Å²) in [4.78, 5) is 0. The molecule has 0 aliphatic rings. The first-order valence-electron chi connectivity index (χ1n) is 5.12. The number of aryl methyl sites for hydroxylation is 2. The Labute approximate surface area is 93.3 Å². The highest BCUT2D eigenvalue weighted by atomic mass is 19.2. The normalized spacial score (nSPS) is 10.8. The van der Waals surface area contributed by atoms with Crippen LogP contribution in [0.15, 0.2) is 30.6 Å². The first-order chi connectivity index (χ1) is 7.58. The third-order valence-electron chi connectivity index (χ3n) is 2.68. The standard InChI is InChI=1S/C13H13F2N/c1-9-7-16(2)8-11(9)6-10-4-3-5-12(14)13(10)15/h3-5,7-8H,6H2,1-2H3. The van der Waals surface area contributed by atoms with Crippen molar-refractivity contribution in [2.75, 3.05) is 0 Å². The van der Waals surface area contributed by atoms with Crippen molar-refractivity contribution in [3.05, 3.63) is 58.9 Å². The van der Waals surface area contributed by atoms with Gasteiger partial charge in [-0.15, -0.1) is 0 Å². The fourth-order valence-electron chi connectivity index (χ4n) is 1.85. The summed E-state index contributed by atoms with van der Waals surface area (Å²) in [6, 6.07) is 4.29. The van der Waals surface area contributed by atoms with Gasteiger partial charge in [0.2, 0.25) is 0 Å². The van der Waals surface area contributed by atoms with Gasteiger partial charge < -0.3 is 4.57 Å². The van der Waals surface area contributed by atoms with Gasteiger partial charge in [0.25, 0.3) is 0 Å². The van der Waals surface area contributed by atoms with Gasteiger partial charge in [0.1, 0.15) is 0 Å². The highest BCUT2D eigenvalue weighted by molar-refractivity contribution is 5.31. The Kier molecular flexibility index (Phi) is 2.77. The third kappa shape index (κ3) is 1.98. The number of benzene rings is 1. The molecule has 0 aliphatic carbocycles. The van der Waals surface area contributed by atoms with E-state index in [-0.39, 0.29) is 0 Å². The summed E-state index contributed by atoms with van der Waals surface area (Å²) in [5.74, 6) is -1.53. The minimum atomic E-state index is -0.786. The zero-order valence-electron chi connectivity index (χ0n) is 9.30. The topological polar surface area (TPSA) is 4.93 Å². The maximum Gasteiger partial charge on any atom is 0.162 e. The van der Waals surface area contributed by atoms with E-state index in [1.807, 2.05) is 30.9 Å². The Bertz CT molecular complexity index is 515. The van der Waals surface area contributed by atoms with Crippen molar-refractivity contribution < 1.29 is 8.78 Å². The van der Waals surface area contributed by atoms with Crippen molar-refractivity contribution >= 4 is 0 Å². The summed E-state index contributed by atoms with van der Waals surface area (Å²) in [6.45, 7) is 1.96. The van der Waals surface area contributed by atoms with E-state index in [9.17, 15) is 8.78 Å². The van der Waals surface area contributed by atoms with Crippen molar-refractivity contribution in [2.24, 2.45) is 7.05 Å². The van der Waals surface area contributed by atoms with Gasteiger partial charge in [-0.25, -0.2) is 8.78 Å². The fraction of sp³-hybridized carbons (Fsp3) is 0.231. The van der Waals surface area contributed by atoms with Gasteiger partial charge in [0.15, 0.2) is 11.6 Å². The number of nitrogens with zero attached hydrogens (tertiary/aromatic N) is 1. The summed E-state index contributed by atoms with van der Waals surface area (Å²) in [7, 11) is 1.92. The van der Waals surface area contributed by atoms with Crippen molar-refractivity contribution in [1.82, 2.24) is 4.57 Å². The molecule has 0 N–H and O–H groups in total. The molecule has 2 aromatic rings. The first-order valence-corrected chi connectivity index (χ1v) is 5.12. The lowest BCUT2D eigenvalue weighted by molar-refractivity contribution is 0.500. The summed E-state index contributed by atoms with van der Waals surface area (Å²) in [5, 5.41) is 0. The number of hydrogen-bond acceptors (Lipinski definition) is 0. The number of hydrogen-bond donors (Lipinski definition) is 0. The number of halogens is 2. The summed E-state index contributed by atoms with van der Waals surface area (Å²) in [5.41, 5.74) is 2.51. The highest BCUT2D eigenvalue weighted by Crippen LogP contribution is 2.18. The molecule has 0 bridgehead atoms. The van der Waals surface area contributed by atoms with Crippen LogP contribution in [0.1, 0.15) is 16.7 Å². The predicted molar refractivity (Wildman–Crippen MR) is 59.3 cm³/mol. The van der Waals surface area contributed by atoms with E-state index in [4.69, 9.17) is 0 Å². The maximum atomic E-state index is 13.4. The van der Waals surface area contributed by atoms with Crippen LogP contribution in [0.3, 0.4) is 0 Å². The molecule has 2 rings (SSSR count). The third-order valence-corrected chi connectivity index (χ3v) is 2.68. The second-order valence-corrected chi connectivity index (χ2v) is 4.02. The molecule has 1 nitrogen and oxygen atoms in total. The number of rotatable bonds is 2. The van der Waals surface area contributed by atoms with Crippen LogP contribution in [-0.4, -0.2) is 4.57 Å². The average molecular weight is 221 g/mol. The van der Waals surface area contributed by atoms with Gasteiger partial charge in [0.05, 0.1) is 0 Å². The predicted octanol–water partition coefficient (Wildman–Crippen LogP) is 3.20. The Hall–Kier alpha value is -1.64. The lowest BCUT2D eigenvalue weighted by Gasteiger charge is -2.03. The van der Waals surface area contributed by atoms with Gasteiger partial charge >= 0.3 is 0 Å². The second-order valence-electron chi connectivity index (χ2n) is 4.02. The van der Waals surface area contributed by atoms with Crippen LogP contribution in [0.25, 0.3) is 0 Å². The first kappa shape index (κ1) is 10.9. The van der Waals surface area contributed by atoms with E-state index in [0.717, 1.165) is 17.2 Å². The van der Waals surface area contributed by atoms with Crippen molar-refractivity contribution in [1.29, 1.82) is 0 Å². The molecule has 0 aliphatic heterocycles. The molecule has 0 atom stereocenters. The van der Waals surface area contributed by atoms with E-state index in [1.165, 1.54) is 6.07 Å². The quantitative estimate of drug-likeness (QED) is 0.734. The van der Waals surface area contributed by atoms with E-state index < -0.39 is 11.6 Å². The SMILES string of the molecule is Cc1cn(C)cc1Cc1cccc(F)c1F. The monoisotopic (exact) mass is 221 g/mol. The Morgan fingerprint density at radius 1 is 1.12 bits per heavy atom. The highest BCUT2D eigenvalue weighted by Gasteiger charge is 2.10. The largest absolute Gasteiger partial charge is 0.357 e. The van der Waals surface area contributed by atoms with Crippen LogP contribution >= 0.6 is 0 Å². The molecule has 0 fully saturated rings. The Balaban J connectivity index is 2.34. The molecular formula is C13H13F2N. The maximum absolute atomic E-state index is 13.4. The van der Waals surface area contributed by atoms with Crippen molar-refractivity contribution in [3.63, 3.8) is 0 Å². The molecule has 0 saturated heterocycles. The zero-order valence-corrected chi connectivity index (χ0v) is 9.30. The van der Waals surface area contributed by atoms with Crippen LogP contribution < -0.4 is 0 Å². The van der Waals surface area contributed by atoms with Crippen molar-refractivity contribution in [2.45, 2.75) is 13.3 Å². The molecule has 1 aromatic carbocycles. The lowest BCUT2D eigenvalue weighted by atomic mass is 10.0. The van der Waals surface area contributed by atoms with Gasteiger partial charge in [0, 0.05) is 25.9 Å². The molecule has 0 radical (unpaired) electrons. The molecule has 84 valence electrons. The molecule has 0 unspecified atom stereocenters. The fourth-order valence-corrected chi connectivity index (χ4v) is 1.85. The molecule has 0 amide bonds. The van der Waals surface area contributed by atoms with Crippen LogP contribution in [0.2, 0.25) is 0 Å². The van der Waals surface area contributed by atoms with Gasteiger partial charge in [-0.1, -0.05) is 12.1 Å². The van der Waals surface area contributed by atoms with Crippen molar-refractivity contribution in [3.8, 4) is 0 Å². The molecular weight excluding hydrogens is 208 g/mol. The van der Waals surface area contributed by atoms with E-state index in [0.29, 0.717) is 12.0 Å². The molecule has 0 spiro atoms. The minimum Gasteiger partial charge on any atom is -0.357 e. The number of aromatic nitrogens is 1. The van der Waals surface area contributed by atoms with E-state index in [1.54, 1.807) is 6.07 Å². The summed E-state index contributed by atoms with van der Waals surface area (Å²) in [6.07, 6.45) is 4.32. The van der Waals surface area contributed by atoms with Gasteiger partial charge in [-0.2, -0.15) is 0 Å². The molecule has 0 saturated carbocycles. The zero-order chi connectivity index (χ0) is 11.7. The van der Waals surface area contributed by atoms with Crippen LogP contribution in [0.4, 0.5) is 8.78 Å². The van der Waals surface area contributed by atoms with E-state index >= 15 is 0 Å². The minimum absolute atomic E-state index is 0.398. The smallest absolute Gasteiger partial charge is 0.162 e.